The van der Waals surface area contributed by atoms with Gasteiger partial charge in [0.25, 0.3) is 10.0 Å². The molecule has 0 radical (unpaired) electrons. The van der Waals surface area contributed by atoms with Gasteiger partial charge in [0.15, 0.2) is 0 Å². The van der Waals surface area contributed by atoms with Crippen LogP contribution in [0.3, 0.4) is 0 Å². The largest absolute Gasteiger partial charge is 0.355 e. The first-order valence-electron chi connectivity index (χ1n) is 9.20. The molecule has 9 heteroatoms. The van der Waals surface area contributed by atoms with Crippen molar-refractivity contribution in [2.24, 2.45) is 5.92 Å². The summed E-state index contributed by atoms with van der Waals surface area (Å²) in [5.74, 6) is 0.657. The Morgan fingerprint density at radius 3 is 2.46 bits per heavy atom. The minimum Gasteiger partial charge on any atom is -0.355 e. The van der Waals surface area contributed by atoms with Gasteiger partial charge in [0.1, 0.15) is 4.21 Å². The summed E-state index contributed by atoms with van der Waals surface area (Å²) in [6, 6.07) is 3.15. The lowest BCUT2D eigenvalue weighted by Gasteiger charge is -2.33. The van der Waals surface area contributed by atoms with E-state index in [2.05, 4.69) is 5.32 Å². The minimum atomic E-state index is -3.48. The maximum absolute atomic E-state index is 12.6. The first-order valence-corrected chi connectivity index (χ1v) is 11.8. The molecule has 146 valence electrons. The summed E-state index contributed by atoms with van der Waals surface area (Å²) in [7, 11) is -3.48. The van der Waals surface area contributed by atoms with Gasteiger partial charge in [-0.2, -0.15) is 4.31 Å². The Hall–Kier alpha value is -0.670. The third-order valence-electron chi connectivity index (χ3n) is 5.15. The Kier molecular flexibility index (Phi) is 6.96. The molecule has 1 saturated carbocycles. The Labute approximate surface area is 164 Å². The molecule has 0 bridgehead atoms. The first kappa shape index (κ1) is 20.1. The van der Waals surface area contributed by atoms with Crippen molar-refractivity contribution in [1.29, 1.82) is 0 Å². The number of carbonyl (C=O) groups excluding carboxylic acids is 1. The van der Waals surface area contributed by atoms with Gasteiger partial charge in [-0.1, -0.05) is 30.9 Å². The molecule has 0 unspecified atom stereocenters. The van der Waals surface area contributed by atoms with Gasteiger partial charge < -0.3 is 5.32 Å². The Balaban J connectivity index is 1.42. The SMILES string of the molecule is O=C(CN1CCN(S(=O)(=O)c2ccc(Cl)s2)CC1)NCC1CCCCC1. The predicted molar refractivity (Wildman–Crippen MR) is 104 cm³/mol. The maximum atomic E-state index is 12.6. The molecule has 1 aliphatic heterocycles. The molecule has 2 heterocycles. The van der Waals surface area contributed by atoms with Crippen molar-refractivity contribution in [2.75, 3.05) is 39.3 Å². The van der Waals surface area contributed by atoms with E-state index in [-0.39, 0.29) is 10.1 Å². The lowest BCUT2D eigenvalue weighted by molar-refractivity contribution is -0.122. The number of halogens is 1. The van der Waals surface area contributed by atoms with E-state index in [1.807, 2.05) is 4.90 Å². The lowest BCUT2D eigenvalue weighted by atomic mass is 9.89. The number of carbonyl (C=O) groups is 1. The highest BCUT2D eigenvalue weighted by Gasteiger charge is 2.30. The van der Waals surface area contributed by atoms with Crippen LogP contribution in [0.15, 0.2) is 16.3 Å². The monoisotopic (exact) mass is 419 g/mol. The molecule has 1 saturated heterocycles. The zero-order chi connectivity index (χ0) is 18.6. The number of nitrogens with one attached hydrogen (secondary N) is 1. The van der Waals surface area contributed by atoms with E-state index in [1.165, 1.54) is 36.4 Å². The minimum absolute atomic E-state index is 0.0388. The molecule has 2 aliphatic rings. The molecular formula is C17H26ClN3O3S2. The smallest absolute Gasteiger partial charge is 0.252 e. The normalized spacial score (nSPS) is 21.0. The van der Waals surface area contributed by atoms with E-state index < -0.39 is 10.0 Å². The van der Waals surface area contributed by atoms with Gasteiger partial charge in [0.2, 0.25) is 5.91 Å². The quantitative estimate of drug-likeness (QED) is 0.768. The fourth-order valence-corrected chi connectivity index (χ4v) is 6.66. The van der Waals surface area contributed by atoms with E-state index in [9.17, 15) is 13.2 Å². The van der Waals surface area contributed by atoms with Crippen LogP contribution < -0.4 is 5.32 Å². The second kappa shape index (κ2) is 9.01. The molecule has 6 nitrogen and oxygen atoms in total. The Bertz CT molecular complexity index is 709. The Morgan fingerprint density at radius 1 is 1.15 bits per heavy atom. The van der Waals surface area contributed by atoms with Crippen LogP contribution in [0, 0.1) is 5.92 Å². The summed E-state index contributed by atoms with van der Waals surface area (Å²) in [4.78, 5) is 14.2. The molecule has 1 aromatic rings. The van der Waals surface area contributed by atoms with Gasteiger partial charge in [-0.15, -0.1) is 11.3 Å². The van der Waals surface area contributed by atoms with Crippen molar-refractivity contribution in [3.63, 3.8) is 0 Å². The highest BCUT2D eigenvalue weighted by Crippen LogP contribution is 2.28. The predicted octanol–water partition coefficient (Wildman–Crippen LogP) is 2.40. The van der Waals surface area contributed by atoms with Gasteiger partial charge in [0, 0.05) is 32.7 Å². The maximum Gasteiger partial charge on any atom is 0.252 e. The second-order valence-corrected chi connectivity index (χ2v) is 10.9. The number of sulfonamides is 1. The van der Waals surface area contributed by atoms with Gasteiger partial charge in [-0.25, -0.2) is 8.42 Å². The summed E-state index contributed by atoms with van der Waals surface area (Å²) < 4.78 is 27.4. The topological polar surface area (TPSA) is 69.7 Å². The molecule has 0 spiro atoms. The molecular weight excluding hydrogens is 394 g/mol. The second-order valence-electron chi connectivity index (χ2n) is 7.05. The highest BCUT2D eigenvalue weighted by molar-refractivity contribution is 7.91. The molecule has 1 N–H and O–H groups in total. The third-order valence-corrected chi connectivity index (χ3v) is 8.75. The van der Waals surface area contributed by atoms with Crippen LogP contribution in [0.1, 0.15) is 32.1 Å². The van der Waals surface area contributed by atoms with Gasteiger partial charge in [0.05, 0.1) is 10.9 Å². The molecule has 2 fully saturated rings. The van der Waals surface area contributed by atoms with Gasteiger partial charge in [-0.3, -0.25) is 9.69 Å². The van der Waals surface area contributed by atoms with E-state index in [0.717, 1.165) is 17.9 Å². The fraction of sp³-hybridized carbons (Fsp3) is 0.706. The zero-order valence-corrected chi connectivity index (χ0v) is 17.2. The van der Waals surface area contributed by atoms with Crippen molar-refractivity contribution < 1.29 is 13.2 Å². The lowest BCUT2D eigenvalue weighted by Crippen LogP contribution is -2.51. The van der Waals surface area contributed by atoms with Crippen LogP contribution in [-0.4, -0.2) is 62.8 Å². The van der Waals surface area contributed by atoms with Gasteiger partial charge >= 0.3 is 0 Å². The van der Waals surface area contributed by atoms with Crippen LogP contribution >= 0.6 is 22.9 Å². The van der Waals surface area contributed by atoms with Crippen molar-refractivity contribution in [3.8, 4) is 0 Å². The number of hydrogen-bond donors (Lipinski definition) is 1. The summed E-state index contributed by atoms with van der Waals surface area (Å²) in [6.45, 7) is 3.03. The van der Waals surface area contributed by atoms with Crippen LogP contribution in [0.4, 0.5) is 0 Å². The number of rotatable bonds is 6. The van der Waals surface area contributed by atoms with E-state index in [4.69, 9.17) is 11.6 Å². The third kappa shape index (κ3) is 5.19. The summed E-state index contributed by atoms with van der Waals surface area (Å²) in [5.41, 5.74) is 0. The molecule has 0 atom stereocenters. The number of thiophene rings is 1. The average Bonchev–Trinajstić information content (AvgIpc) is 3.09. The number of piperazine rings is 1. The molecule has 1 aromatic heterocycles. The Morgan fingerprint density at radius 2 is 1.85 bits per heavy atom. The van der Waals surface area contributed by atoms with Crippen LogP contribution in [0.25, 0.3) is 0 Å². The van der Waals surface area contributed by atoms with Crippen molar-refractivity contribution in [3.05, 3.63) is 16.5 Å². The van der Waals surface area contributed by atoms with Crippen LogP contribution in [-0.2, 0) is 14.8 Å². The van der Waals surface area contributed by atoms with E-state index >= 15 is 0 Å². The molecule has 26 heavy (non-hydrogen) atoms. The number of amides is 1. The van der Waals surface area contributed by atoms with E-state index in [0.29, 0.717) is 43.0 Å². The summed E-state index contributed by atoms with van der Waals surface area (Å²) in [6.07, 6.45) is 6.28. The van der Waals surface area contributed by atoms with Crippen molar-refractivity contribution >= 4 is 38.9 Å². The molecule has 1 aliphatic carbocycles. The van der Waals surface area contributed by atoms with Crippen molar-refractivity contribution in [2.45, 2.75) is 36.3 Å². The summed E-state index contributed by atoms with van der Waals surface area (Å²) >= 11 is 6.93. The zero-order valence-electron chi connectivity index (χ0n) is 14.8. The van der Waals surface area contributed by atoms with E-state index in [1.54, 1.807) is 12.1 Å². The molecule has 0 aromatic carbocycles. The van der Waals surface area contributed by atoms with Gasteiger partial charge in [-0.05, 0) is 30.9 Å². The first-order chi connectivity index (χ1) is 12.4. The summed E-state index contributed by atoms with van der Waals surface area (Å²) in [5, 5.41) is 3.04. The van der Waals surface area contributed by atoms with Crippen molar-refractivity contribution in [1.82, 2.24) is 14.5 Å². The van der Waals surface area contributed by atoms with Crippen LogP contribution in [0.5, 0.6) is 0 Å². The standard InChI is InChI=1S/C17H26ClN3O3S2/c18-15-6-7-17(25-15)26(23,24)21-10-8-20(9-11-21)13-16(22)19-12-14-4-2-1-3-5-14/h6-7,14H,1-5,8-13H2,(H,19,22). The highest BCUT2D eigenvalue weighted by atomic mass is 35.5. The van der Waals surface area contributed by atoms with Crippen LogP contribution in [0.2, 0.25) is 4.34 Å². The molecule has 3 rings (SSSR count). The fourth-order valence-electron chi connectivity index (χ4n) is 3.60. The number of nitrogens with zero attached hydrogens (tertiary/aromatic N) is 2. The molecule has 1 amide bonds. The number of hydrogen-bond acceptors (Lipinski definition) is 5. The average molecular weight is 420 g/mol.